The first-order valence-electron chi connectivity index (χ1n) is 6.70. The molecule has 19 heavy (non-hydrogen) atoms. The number of likely N-dealkylation sites (N-methyl/N-ethyl adjacent to an activating group) is 1. The Labute approximate surface area is 120 Å². The second-order valence-corrected chi connectivity index (χ2v) is 4.90. The van der Waals surface area contributed by atoms with Crippen LogP contribution in [0.4, 0.5) is 0 Å². The Bertz CT molecular complexity index is 449. The molecule has 0 radical (unpaired) electrons. The number of halogens is 1. The van der Waals surface area contributed by atoms with Crippen LogP contribution in [0.5, 0.6) is 0 Å². The predicted octanol–water partition coefficient (Wildman–Crippen LogP) is 0.938. The molecule has 0 amide bonds. The highest BCUT2D eigenvalue weighted by atomic mass is 35.5. The fourth-order valence-corrected chi connectivity index (χ4v) is 2.47. The molecule has 0 aliphatic carbocycles. The lowest BCUT2D eigenvalue weighted by Gasteiger charge is -2.32. The number of piperidine rings is 1. The van der Waals surface area contributed by atoms with E-state index in [9.17, 15) is 4.79 Å². The lowest BCUT2D eigenvalue weighted by molar-refractivity contribution is 0.184. The van der Waals surface area contributed by atoms with Crippen LogP contribution in [-0.4, -0.2) is 41.0 Å². The Hall–Kier alpha value is -0.910. The van der Waals surface area contributed by atoms with Crippen molar-refractivity contribution in [2.24, 2.45) is 0 Å². The van der Waals surface area contributed by atoms with E-state index in [1.165, 1.54) is 12.8 Å². The van der Waals surface area contributed by atoms with E-state index in [1.54, 1.807) is 6.07 Å². The zero-order chi connectivity index (χ0) is 13.0. The van der Waals surface area contributed by atoms with Gasteiger partial charge in [0.25, 0.3) is 5.56 Å². The van der Waals surface area contributed by atoms with Crippen molar-refractivity contribution < 1.29 is 0 Å². The van der Waals surface area contributed by atoms with Crippen LogP contribution >= 0.6 is 12.4 Å². The number of hydrogen-bond donors (Lipinski definition) is 2. The molecular weight excluding hydrogens is 264 g/mol. The summed E-state index contributed by atoms with van der Waals surface area (Å²) in [7, 11) is 2.01. The number of nitrogens with one attached hydrogen (secondary N) is 2. The van der Waals surface area contributed by atoms with Gasteiger partial charge in [-0.1, -0.05) is 6.92 Å². The van der Waals surface area contributed by atoms with Gasteiger partial charge >= 0.3 is 0 Å². The zero-order valence-corrected chi connectivity index (χ0v) is 12.4. The molecule has 0 saturated carbocycles. The molecule has 0 aromatic carbocycles. The van der Waals surface area contributed by atoms with Crippen molar-refractivity contribution in [1.82, 2.24) is 20.2 Å². The molecule has 2 heterocycles. The Morgan fingerprint density at radius 3 is 3.05 bits per heavy atom. The van der Waals surface area contributed by atoms with Crippen molar-refractivity contribution in [3.8, 4) is 0 Å². The minimum absolute atomic E-state index is 0. The molecule has 1 aliphatic rings. The van der Waals surface area contributed by atoms with E-state index in [1.807, 2.05) is 14.0 Å². The number of aromatic nitrogens is 2. The molecule has 1 aromatic heterocycles. The Balaban J connectivity index is 0.00000180. The average molecular weight is 287 g/mol. The van der Waals surface area contributed by atoms with Crippen LogP contribution < -0.4 is 10.9 Å². The summed E-state index contributed by atoms with van der Waals surface area (Å²) in [6.07, 6.45) is 3.23. The molecule has 1 unspecified atom stereocenters. The highest BCUT2D eigenvalue weighted by molar-refractivity contribution is 5.85. The molecule has 1 aromatic rings. The minimum Gasteiger partial charge on any atom is -0.316 e. The molecule has 0 spiro atoms. The van der Waals surface area contributed by atoms with Crippen molar-refractivity contribution in [2.75, 3.05) is 20.1 Å². The summed E-state index contributed by atoms with van der Waals surface area (Å²) in [4.78, 5) is 21.2. The molecule has 1 fully saturated rings. The van der Waals surface area contributed by atoms with Crippen LogP contribution in [0.3, 0.4) is 0 Å². The molecule has 1 saturated heterocycles. The number of rotatable bonds is 4. The van der Waals surface area contributed by atoms with Gasteiger partial charge in [0.1, 0.15) is 5.82 Å². The summed E-state index contributed by atoms with van der Waals surface area (Å²) < 4.78 is 0. The highest BCUT2D eigenvalue weighted by Crippen LogP contribution is 2.11. The van der Waals surface area contributed by atoms with Gasteiger partial charge < -0.3 is 10.3 Å². The van der Waals surface area contributed by atoms with Gasteiger partial charge in [0.2, 0.25) is 0 Å². The van der Waals surface area contributed by atoms with Gasteiger partial charge in [-0.25, -0.2) is 4.98 Å². The number of nitrogens with zero attached hydrogens (tertiary/aromatic N) is 2. The summed E-state index contributed by atoms with van der Waals surface area (Å²) in [6, 6.07) is 2.13. The van der Waals surface area contributed by atoms with Crippen molar-refractivity contribution in [3.05, 3.63) is 27.9 Å². The maximum absolute atomic E-state index is 11.5. The smallest absolute Gasteiger partial charge is 0.251 e. The third-order valence-electron chi connectivity index (χ3n) is 3.49. The highest BCUT2D eigenvalue weighted by Gasteiger charge is 2.19. The Morgan fingerprint density at radius 1 is 1.58 bits per heavy atom. The molecule has 108 valence electrons. The van der Waals surface area contributed by atoms with E-state index in [0.29, 0.717) is 6.04 Å². The molecule has 1 aliphatic heterocycles. The van der Waals surface area contributed by atoms with Crippen LogP contribution in [0.25, 0.3) is 0 Å². The number of likely N-dealkylation sites (tertiary alicyclic amines) is 1. The van der Waals surface area contributed by atoms with Crippen molar-refractivity contribution in [1.29, 1.82) is 0 Å². The molecule has 2 N–H and O–H groups in total. The maximum Gasteiger partial charge on any atom is 0.251 e. The second kappa shape index (κ2) is 7.62. The maximum atomic E-state index is 11.5. The monoisotopic (exact) mass is 286 g/mol. The first-order valence-corrected chi connectivity index (χ1v) is 6.70. The summed E-state index contributed by atoms with van der Waals surface area (Å²) >= 11 is 0. The summed E-state index contributed by atoms with van der Waals surface area (Å²) in [5.74, 6) is 0.788. The number of H-pyrrole nitrogens is 1. The number of aromatic amines is 1. The van der Waals surface area contributed by atoms with Gasteiger partial charge in [-0.3, -0.25) is 9.69 Å². The third-order valence-corrected chi connectivity index (χ3v) is 3.49. The predicted molar refractivity (Wildman–Crippen MR) is 78.8 cm³/mol. The van der Waals surface area contributed by atoms with E-state index in [-0.39, 0.29) is 18.0 Å². The van der Waals surface area contributed by atoms with E-state index in [2.05, 4.69) is 20.2 Å². The van der Waals surface area contributed by atoms with Gasteiger partial charge in [-0.2, -0.15) is 0 Å². The van der Waals surface area contributed by atoms with Crippen molar-refractivity contribution in [2.45, 2.75) is 38.8 Å². The fraction of sp³-hybridized carbons (Fsp3) is 0.692. The lowest BCUT2D eigenvalue weighted by atomic mass is 10.1. The van der Waals surface area contributed by atoms with Crippen LogP contribution in [0.1, 0.15) is 31.3 Å². The van der Waals surface area contributed by atoms with Crippen LogP contribution in [-0.2, 0) is 13.0 Å². The van der Waals surface area contributed by atoms with Crippen molar-refractivity contribution in [3.63, 3.8) is 0 Å². The fourth-order valence-electron chi connectivity index (χ4n) is 2.47. The quantitative estimate of drug-likeness (QED) is 0.865. The van der Waals surface area contributed by atoms with E-state index in [0.717, 1.165) is 37.6 Å². The van der Waals surface area contributed by atoms with E-state index < -0.39 is 0 Å². The molecule has 0 bridgehead atoms. The standard InChI is InChI=1S/C13H22N4O.ClH/c1-3-10-7-13(18)16-12(15-10)9-17-6-4-5-11(8-17)14-2;/h7,11,14H,3-6,8-9H2,1-2H3,(H,15,16,18);1H. The first-order chi connectivity index (χ1) is 8.71. The van der Waals surface area contributed by atoms with Gasteiger partial charge in [0.05, 0.1) is 6.54 Å². The average Bonchev–Trinajstić information content (AvgIpc) is 2.38. The second-order valence-electron chi connectivity index (χ2n) is 4.90. The summed E-state index contributed by atoms with van der Waals surface area (Å²) in [5.41, 5.74) is 0.829. The Morgan fingerprint density at radius 2 is 2.37 bits per heavy atom. The largest absolute Gasteiger partial charge is 0.316 e. The zero-order valence-electron chi connectivity index (χ0n) is 11.6. The van der Waals surface area contributed by atoms with Crippen LogP contribution in [0.15, 0.2) is 10.9 Å². The Kier molecular flexibility index (Phi) is 6.48. The van der Waals surface area contributed by atoms with Gasteiger partial charge in [-0.05, 0) is 32.9 Å². The topological polar surface area (TPSA) is 61.0 Å². The molecular formula is C13H23ClN4O. The lowest BCUT2D eigenvalue weighted by Crippen LogP contribution is -2.44. The van der Waals surface area contributed by atoms with E-state index >= 15 is 0 Å². The van der Waals surface area contributed by atoms with Crippen LogP contribution in [0.2, 0.25) is 0 Å². The van der Waals surface area contributed by atoms with Crippen LogP contribution in [0, 0.1) is 0 Å². The molecule has 6 heteroatoms. The van der Waals surface area contributed by atoms with Gasteiger partial charge in [-0.15, -0.1) is 12.4 Å². The summed E-state index contributed by atoms with van der Waals surface area (Å²) in [6.45, 7) is 4.86. The SMILES string of the molecule is CCc1cc(=O)[nH]c(CN2CCCC(NC)C2)n1.Cl. The minimum atomic E-state index is -0.0426. The third kappa shape index (κ3) is 4.60. The number of hydrogen-bond acceptors (Lipinski definition) is 4. The van der Waals surface area contributed by atoms with Gasteiger partial charge in [0.15, 0.2) is 0 Å². The molecule has 2 rings (SSSR count). The summed E-state index contributed by atoms with van der Waals surface area (Å²) in [5, 5.41) is 3.32. The number of aryl methyl sites for hydroxylation is 1. The first kappa shape index (κ1) is 16.1. The molecule has 5 nitrogen and oxygen atoms in total. The molecule has 1 atom stereocenters. The van der Waals surface area contributed by atoms with Crippen molar-refractivity contribution >= 4 is 12.4 Å². The normalized spacial score (nSPS) is 20.0. The van der Waals surface area contributed by atoms with Gasteiger partial charge in [0, 0.05) is 24.3 Å². The van der Waals surface area contributed by atoms with E-state index in [4.69, 9.17) is 0 Å².